The number of aromatic nitrogens is 6. The normalized spacial score (nSPS) is 16.9. The summed E-state index contributed by atoms with van der Waals surface area (Å²) in [4.78, 5) is 53.2. The van der Waals surface area contributed by atoms with Crippen LogP contribution in [0.3, 0.4) is 0 Å². The summed E-state index contributed by atoms with van der Waals surface area (Å²) in [6.07, 6.45) is 2.12. The van der Waals surface area contributed by atoms with E-state index >= 15 is 0 Å². The lowest BCUT2D eigenvalue weighted by atomic mass is 10.1. The minimum atomic E-state index is -1.35. The molecule has 11 nitrogen and oxygen atoms in total. The van der Waals surface area contributed by atoms with Crippen LogP contribution in [0.15, 0.2) is 59.5 Å². The third-order valence-corrected chi connectivity index (χ3v) is 7.46. The molecule has 208 valence electrons. The molecule has 0 spiro atoms. The number of hydrogen-bond acceptors (Lipinski definition) is 7. The fourth-order valence-electron chi connectivity index (χ4n) is 5.11. The smallest absolute Gasteiger partial charge is 0.248 e. The van der Waals surface area contributed by atoms with E-state index in [0.29, 0.717) is 21.3 Å². The minimum absolute atomic E-state index is 0.124. The Bertz CT molecular complexity index is 1850. The van der Waals surface area contributed by atoms with Crippen LogP contribution in [-0.4, -0.2) is 70.4 Å². The Balaban J connectivity index is 1.29. The van der Waals surface area contributed by atoms with Crippen LogP contribution < -0.4 is 5.32 Å². The predicted molar refractivity (Wildman–Crippen MR) is 152 cm³/mol. The molecule has 6 rings (SSSR count). The zero-order chi connectivity index (χ0) is 28.8. The van der Waals surface area contributed by atoms with Crippen molar-refractivity contribution in [3.05, 3.63) is 70.8 Å². The Hall–Kier alpha value is -4.52. The minimum Gasteiger partial charge on any atom is -0.326 e. The molecule has 1 N–H and O–H groups in total. The van der Waals surface area contributed by atoms with Crippen LogP contribution in [0.1, 0.15) is 29.5 Å². The van der Waals surface area contributed by atoms with Crippen LogP contribution in [0.5, 0.6) is 0 Å². The van der Waals surface area contributed by atoms with Gasteiger partial charge in [0.15, 0.2) is 5.78 Å². The van der Waals surface area contributed by atoms with E-state index in [1.165, 1.54) is 16.5 Å². The van der Waals surface area contributed by atoms with E-state index in [0.717, 1.165) is 17.0 Å². The fourth-order valence-corrected chi connectivity index (χ4v) is 5.45. The van der Waals surface area contributed by atoms with Gasteiger partial charge in [0.05, 0.1) is 24.0 Å². The topological polar surface area (TPSA) is 127 Å². The summed E-state index contributed by atoms with van der Waals surface area (Å²) < 4.78 is 18.3. The number of Topliss-reactive ketones (excluding diaryl/α,β-unsaturated/α-hetero) is 1. The van der Waals surface area contributed by atoms with Gasteiger partial charge in [0.2, 0.25) is 17.6 Å². The molecule has 0 aliphatic carbocycles. The first kappa shape index (κ1) is 26.7. The number of carbonyl (C=O) groups excluding carboxylic acids is 3. The number of aryl methyl sites for hydroxylation is 1. The third kappa shape index (κ3) is 5.08. The van der Waals surface area contributed by atoms with E-state index in [9.17, 15) is 18.8 Å². The number of carbonyl (C=O) groups is 3. The number of nitrogens with one attached hydrogen (secondary N) is 1. The number of fused-ring (bicyclic) bond motifs is 2. The van der Waals surface area contributed by atoms with Crippen LogP contribution in [-0.2, 0) is 16.1 Å². The first-order chi connectivity index (χ1) is 19.7. The van der Waals surface area contributed by atoms with Gasteiger partial charge in [0.1, 0.15) is 34.9 Å². The quantitative estimate of drug-likeness (QED) is 0.225. The molecule has 0 bridgehead atoms. The third-order valence-electron chi connectivity index (χ3n) is 7.02. The van der Waals surface area contributed by atoms with Gasteiger partial charge < -0.3 is 10.2 Å². The van der Waals surface area contributed by atoms with Gasteiger partial charge in [-0.3, -0.25) is 23.5 Å². The Labute approximate surface area is 241 Å². The van der Waals surface area contributed by atoms with Crippen molar-refractivity contribution in [1.29, 1.82) is 0 Å². The molecule has 0 unspecified atom stereocenters. The van der Waals surface area contributed by atoms with Gasteiger partial charge in [-0.05, 0) is 53.2 Å². The number of ketones is 1. The second-order valence-corrected chi connectivity index (χ2v) is 10.7. The maximum atomic E-state index is 14.5. The number of alkyl halides is 1. The number of imidazole rings is 1. The second-order valence-electron chi connectivity index (χ2n) is 9.91. The highest BCUT2D eigenvalue weighted by Crippen LogP contribution is 2.29. The lowest BCUT2D eigenvalue weighted by molar-refractivity contribution is -0.137. The maximum absolute atomic E-state index is 14.5. The maximum Gasteiger partial charge on any atom is 0.248 e. The van der Waals surface area contributed by atoms with Crippen molar-refractivity contribution >= 4 is 56.0 Å². The van der Waals surface area contributed by atoms with Gasteiger partial charge in [0.25, 0.3) is 0 Å². The molecule has 1 fully saturated rings. The SMILES string of the molecule is CC(=O)c1nn(CC(=O)N2C[C@H](F)C[C@H]2C(=O)Nc2cccc(Br)n2)c2ccc(-c3cnc4nc(C)ccn34)cc12. The van der Waals surface area contributed by atoms with Crippen molar-refractivity contribution in [2.45, 2.75) is 39.0 Å². The lowest BCUT2D eigenvalue weighted by Crippen LogP contribution is -2.44. The highest BCUT2D eigenvalue weighted by atomic mass is 79.9. The summed E-state index contributed by atoms with van der Waals surface area (Å²) in [6.45, 7) is 2.81. The molecule has 0 radical (unpaired) electrons. The first-order valence-corrected chi connectivity index (χ1v) is 13.7. The molecule has 5 heterocycles. The zero-order valence-electron chi connectivity index (χ0n) is 22.1. The van der Waals surface area contributed by atoms with Crippen molar-refractivity contribution in [1.82, 2.24) is 34.0 Å². The van der Waals surface area contributed by atoms with E-state index in [1.54, 1.807) is 30.5 Å². The number of benzene rings is 1. The summed E-state index contributed by atoms with van der Waals surface area (Å²) in [5.74, 6) is -0.437. The Morgan fingerprint density at radius 3 is 2.76 bits per heavy atom. The molecule has 5 aromatic rings. The summed E-state index contributed by atoms with van der Waals surface area (Å²) >= 11 is 3.25. The number of anilines is 1. The van der Waals surface area contributed by atoms with E-state index < -0.39 is 24.0 Å². The van der Waals surface area contributed by atoms with Gasteiger partial charge in [-0.1, -0.05) is 12.1 Å². The van der Waals surface area contributed by atoms with Crippen LogP contribution >= 0.6 is 15.9 Å². The Morgan fingerprint density at radius 1 is 1.15 bits per heavy atom. The largest absolute Gasteiger partial charge is 0.326 e. The molecule has 2 amide bonds. The second kappa shape index (κ2) is 10.5. The zero-order valence-corrected chi connectivity index (χ0v) is 23.7. The van der Waals surface area contributed by atoms with Crippen LogP contribution in [0.2, 0.25) is 0 Å². The molecule has 1 aliphatic rings. The predicted octanol–water partition coefficient (Wildman–Crippen LogP) is 3.99. The molecule has 13 heteroatoms. The van der Waals surface area contributed by atoms with Crippen LogP contribution in [0.25, 0.3) is 27.9 Å². The number of halogens is 2. The highest BCUT2D eigenvalue weighted by Gasteiger charge is 2.40. The average Bonchev–Trinajstić information content (AvgIpc) is 3.63. The van der Waals surface area contributed by atoms with E-state index in [1.807, 2.05) is 35.7 Å². The van der Waals surface area contributed by atoms with Crippen molar-refractivity contribution in [3.8, 4) is 11.3 Å². The highest BCUT2D eigenvalue weighted by molar-refractivity contribution is 9.10. The Kier molecular flexibility index (Phi) is 6.81. The molecular weight excluding hydrogens is 595 g/mol. The number of amides is 2. The molecule has 1 aliphatic heterocycles. The van der Waals surface area contributed by atoms with Gasteiger partial charge in [0, 0.05) is 36.2 Å². The van der Waals surface area contributed by atoms with Crippen molar-refractivity contribution < 1.29 is 18.8 Å². The lowest BCUT2D eigenvalue weighted by Gasteiger charge is -2.23. The van der Waals surface area contributed by atoms with Gasteiger partial charge in [-0.25, -0.2) is 19.3 Å². The first-order valence-electron chi connectivity index (χ1n) is 12.9. The number of nitrogens with zero attached hydrogens (tertiary/aromatic N) is 7. The van der Waals surface area contributed by atoms with Crippen molar-refractivity contribution in [3.63, 3.8) is 0 Å². The van der Waals surface area contributed by atoms with Crippen molar-refractivity contribution in [2.75, 3.05) is 11.9 Å². The number of pyridine rings is 1. The van der Waals surface area contributed by atoms with E-state index in [2.05, 4.69) is 41.3 Å². The van der Waals surface area contributed by atoms with Crippen LogP contribution in [0.4, 0.5) is 10.2 Å². The van der Waals surface area contributed by atoms with E-state index in [4.69, 9.17) is 0 Å². The summed E-state index contributed by atoms with van der Waals surface area (Å²) in [5, 5.41) is 7.66. The molecule has 1 aromatic carbocycles. The summed E-state index contributed by atoms with van der Waals surface area (Å²) in [5.41, 5.74) is 3.19. The molecule has 41 heavy (non-hydrogen) atoms. The summed E-state index contributed by atoms with van der Waals surface area (Å²) in [7, 11) is 0. The molecule has 0 saturated carbocycles. The number of hydrogen-bond donors (Lipinski definition) is 1. The number of likely N-dealkylation sites (tertiary alicyclic amines) is 1. The van der Waals surface area contributed by atoms with Crippen molar-refractivity contribution in [2.24, 2.45) is 0 Å². The Morgan fingerprint density at radius 2 is 1.98 bits per heavy atom. The summed E-state index contributed by atoms with van der Waals surface area (Å²) in [6, 6.07) is 11.4. The molecular formula is C28H24BrFN8O3. The fraction of sp³-hybridized carbons (Fsp3) is 0.250. The monoisotopic (exact) mass is 618 g/mol. The molecule has 1 saturated heterocycles. The number of rotatable bonds is 6. The van der Waals surface area contributed by atoms with Gasteiger partial charge in [-0.2, -0.15) is 5.10 Å². The standard InChI is InChI=1S/C28H24BrFN8O3/c1-15-8-9-36-22(12-31-28(36)32-15)17-6-7-20-19(10-17)26(16(2)39)35-38(20)14-25(40)37-13-18(30)11-21(37)27(41)34-24-5-3-4-23(29)33-24/h3-10,12,18,21H,11,13-14H2,1-2H3,(H,33,34,41)/t18-,21+/m1/s1. The van der Waals surface area contributed by atoms with Gasteiger partial charge in [-0.15, -0.1) is 0 Å². The molecule has 2 atom stereocenters. The van der Waals surface area contributed by atoms with E-state index in [-0.39, 0.29) is 36.8 Å². The van der Waals surface area contributed by atoms with Gasteiger partial charge >= 0.3 is 0 Å². The van der Waals surface area contributed by atoms with Crippen LogP contribution in [0, 0.1) is 6.92 Å². The average molecular weight is 619 g/mol. The molecule has 4 aromatic heterocycles.